The van der Waals surface area contributed by atoms with Crippen LogP contribution in [0, 0.1) is 0 Å². The molecule has 0 saturated heterocycles. The number of aliphatic carboxylic acids is 2. The number of hydrogen-bond donors (Lipinski definition) is 9. The van der Waals surface area contributed by atoms with E-state index >= 15 is 0 Å². The average Bonchev–Trinajstić information content (AvgIpc) is 3.29. The van der Waals surface area contributed by atoms with Crippen molar-refractivity contribution in [1.29, 1.82) is 0 Å². The number of carboxylic acid groups (broad SMARTS) is 2. The van der Waals surface area contributed by atoms with Crippen molar-refractivity contribution < 1.29 is 39.3 Å². The molecule has 0 radical (unpaired) electrons. The van der Waals surface area contributed by atoms with E-state index in [-0.39, 0.29) is 12.8 Å². The van der Waals surface area contributed by atoms with Crippen LogP contribution in [-0.2, 0) is 30.4 Å². The van der Waals surface area contributed by atoms with E-state index in [0.29, 0.717) is 24.9 Å². The second kappa shape index (κ2) is 14.8. The van der Waals surface area contributed by atoms with Crippen LogP contribution in [0.4, 0.5) is 0 Å². The SMILES string of the molecule is CC(O)C(N)C(=O)NC(Cc1c[nH]c2ccccc12)C(=O)NC(CC(=O)O)C(=O)NC(CCCCN)C(=O)O. The zero-order valence-electron chi connectivity index (χ0n) is 21.6. The number of aliphatic hydroxyl groups excluding tert-OH is 1. The quantitative estimate of drug-likeness (QED) is 0.110. The predicted octanol–water partition coefficient (Wildman–Crippen LogP) is -1.44. The van der Waals surface area contributed by atoms with Gasteiger partial charge in [-0.2, -0.15) is 0 Å². The highest BCUT2D eigenvalue weighted by Crippen LogP contribution is 2.19. The number of amides is 3. The average molecular weight is 549 g/mol. The molecule has 0 aliphatic carbocycles. The first-order chi connectivity index (χ1) is 18.4. The summed E-state index contributed by atoms with van der Waals surface area (Å²) in [6, 6.07) is 1.59. The summed E-state index contributed by atoms with van der Waals surface area (Å²) in [6.07, 6.45) is 0.513. The lowest BCUT2D eigenvalue weighted by atomic mass is 10.0. The molecule has 1 aromatic heterocycles. The van der Waals surface area contributed by atoms with Crippen LogP contribution < -0.4 is 27.4 Å². The van der Waals surface area contributed by atoms with Crippen molar-refractivity contribution >= 4 is 40.6 Å². The van der Waals surface area contributed by atoms with Crippen molar-refractivity contribution in [3.8, 4) is 0 Å². The Hall–Kier alpha value is -4.01. The highest BCUT2D eigenvalue weighted by atomic mass is 16.4. The summed E-state index contributed by atoms with van der Waals surface area (Å²) in [5.41, 5.74) is 12.6. The number of nitrogens with one attached hydrogen (secondary N) is 4. The maximum absolute atomic E-state index is 13.3. The summed E-state index contributed by atoms with van der Waals surface area (Å²) in [7, 11) is 0. The van der Waals surface area contributed by atoms with Gasteiger partial charge in [0, 0.05) is 23.5 Å². The molecule has 0 saturated carbocycles. The van der Waals surface area contributed by atoms with E-state index in [9.17, 15) is 39.3 Å². The van der Waals surface area contributed by atoms with E-state index < -0.39 is 66.4 Å². The number of aliphatic hydroxyl groups is 1. The van der Waals surface area contributed by atoms with Gasteiger partial charge < -0.3 is 47.7 Å². The minimum atomic E-state index is -1.64. The first kappa shape index (κ1) is 31.2. The fourth-order valence-electron chi connectivity index (χ4n) is 3.90. The number of benzene rings is 1. The second-order valence-corrected chi connectivity index (χ2v) is 9.23. The first-order valence-electron chi connectivity index (χ1n) is 12.5. The Morgan fingerprint density at radius 1 is 0.923 bits per heavy atom. The van der Waals surface area contributed by atoms with Crippen molar-refractivity contribution in [2.75, 3.05) is 6.54 Å². The van der Waals surface area contributed by atoms with Crippen molar-refractivity contribution in [2.45, 2.75) is 69.3 Å². The van der Waals surface area contributed by atoms with Crippen molar-refractivity contribution in [1.82, 2.24) is 20.9 Å². The third-order valence-corrected chi connectivity index (χ3v) is 6.13. The van der Waals surface area contributed by atoms with Gasteiger partial charge in [0.25, 0.3) is 0 Å². The summed E-state index contributed by atoms with van der Waals surface area (Å²) in [5, 5.41) is 36.3. The fourth-order valence-corrected chi connectivity index (χ4v) is 3.90. The van der Waals surface area contributed by atoms with Gasteiger partial charge in [0.15, 0.2) is 0 Å². The number of rotatable bonds is 16. The molecular weight excluding hydrogens is 512 g/mol. The second-order valence-electron chi connectivity index (χ2n) is 9.23. The van der Waals surface area contributed by atoms with Gasteiger partial charge in [-0.15, -0.1) is 0 Å². The first-order valence-corrected chi connectivity index (χ1v) is 12.5. The molecule has 5 unspecified atom stereocenters. The number of nitrogens with two attached hydrogens (primary N) is 2. The van der Waals surface area contributed by atoms with E-state index in [1.54, 1.807) is 18.3 Å². The Balaban J connectivity index is 2.28. The lowest BCUT2D eigenvalue weighted by Gasteiger charge is -2.25. The molecule has 0 spiro atoms. The van der Waals surface area contributed by atoms with E-state index in [1.165, 1.54) is 6.92 Å². The largest absolute Gasteiger partial charge is 0.481 e. The Bertz CT molecular complexity index is 1170. The molecule has 39 heavy (non-hydrogen) atoms. The fraction of sp³-hybridized carbons (Fsp3) is 0.480. The number of carboxylic acids is 2. The molecule has 0 fully saturated rings. The molecule has 1 aromatic carbocycles. The normalized spacial score (nSPS) is 15.0. The minimum absolute atomic E-state index is 0.0580. The molecule has 14 nitrogen and oxygen atoms in total. The third-order valence-electron chi connectivity index (χ3n) is 6.13. The number of hydrogen-bond acceptors (Lipinski definition) is 8. The van der Waals surface area contributed by atoms with Crippen LogP contribution >= 0.6 is 0 Å². The maximum Gasteiger partial charge on any atom is 0.326 e. The molecule has 214 valence electrons. The molecule has 11 N–H and O–H groups in total. The maximum atomic E-state index is 13.3. The highest BCUT2D eigenvalue weighted by molar-refractivity contribution is 5.96. The number of carbonyl (C=O) groups excluding carboxylic acids is 3. The standard InChI is InChI=1S/C25H36N6O8/c1-13(32)21(27)24(37)31-18(10-14-12-28-16-7-3-2-6-15(14)16)22(35)30-19(11-20(33)34)23(36)29-17(25(38)39)8-4-5-9-26/h2-3,6-7,12-13,17-19,21,28,32H,4-5,8-11,26-27H2,1H3,(H,29,36)(H,30,35)(H,31,37)(H,33,34)(H,38,39). The number of para-hydroxylation sites is 1. The monoisotopic (exact) mass is 548 g/mol. The molecular formula is C25H36N6O8. The number of carbonyl (C=O) groups is 5. The summed E-state index contributed by atoms with van der Waals surface area (Å²) >= 11 is 0. The number of aromatic amines is 1. The topological polar surface area (TPSA) is 250 Å². The molecule has 3 amide bonds. The van der Waals surface area contributed by atoms with Crippen molar-refractivity contribution in [2.24, 2.45) is 11.5 Å². The van der Waals surface area contributed by atoms with Crippen LogP contribution in [0.3, 0.4) is 0 Å². The van der Waals surface area contributed by atoms with E-state index in [0.717, 1.165) is 10.9 Å². The van der Waals surface area contributed by atoms with Crippen LogP contribution in [-0.4, -0.2) is 86.8 Å². The zero-order chi connectivity index (χ0) is 29.1. The Morgan fingerprint density at radius 2 is 1.54 bits per heavy atom. The predicted molar refractivity (Wildman–Crippen MR) is 140 cm³/mol. The van der Waals surface area contributed by atoms with E-state index in [1.807, 2.05) is 12.1 Å². The number of H-pyrrole nitrogens is 1. The number of aromatic nitrogens is 1. The summed E-state index contributed by atoms with van der Waals surface area (Å²) in [5.74, 6) is -5.49. The Labute approximate surface area is 224 Å². The molecule has 0 aliphatic rings. The van der Waals surface area contributed by atoms with Gasteiger partial charge in [0.05, 0.1) is 12.5 Å². The van der Waals surface area contributed by atoms with Gasteiger partial charge in [-0.05, 0) is 44.4 Å². The summed E-state index contributed by atoms with van der Waals surface area (Å²) in [4.78, 5) is 64.9. The molecule has 0 bridgehead atoms. The van der Waals surface area contributed by atoms with Crippen LogP contribution in [0.1, 0.15) is 38.2 Å². The summed E-state index contributed by atoms with van der Waals surface area (Å²) in [6.45, 7) is 1.64. The number of fused-ring (bicyclic) bond motifs is 1. The molecule has 0 aliphatic heterocycles. The van der Waals surface area contributed by atoms with Crippen molar-refractivity contribution in [3.63, 3.8) is 0 Å². The van der Waals surface area contributed by atoms with Gasteiger partial charge in [-0.25, -0.2) is 4.79 Å². The molecule has 14 heteroatoms. The molecule has 2 rings (SSSR count). The Morgan fingerprint density at radius 3 is 2.15 bits per heavy atom. The molecule has 5 atom stereocenters. The van der Waals surface area contributed by atoms with Gasteiger partial charge in [0.1, 0.15) is 24.2 Å². The van der Waals surface area contributed by atoms with E-state index in [2.05, 4.69) is 20.9 Å². The summed E-state index contributed by atoms with van der Waals surface area (Å²) < 4.78 is 0. The van der Waals surface area contributed by atoms with Gasteiger partial charge in [-0.3, -0.25) is 19.2 Å². The smallest absolute Gasteiger partial charge is 0.326 e. The van der Waals surface area contributed by atoms with Crippen LogP contribution in [0.15, 0.2) is 30.5 Å². The van der Waals surface area contributed by atoms with Crippen molar-refractivity contribution in [3.05, 3.63) is 36.0 Å². The van der Waals surface area contributed by atoms with Gasteiger partial charge in [0.2, 0.25) is 17.7 Å². The molecule has 1 heterocycles. The lowest BCUT2D eigenvalue weighted by Crippen LogP contribution is -2.58. The lowest BCUT2D eigenvalue weighted by molar-refractivity contribution is -0.143. The molecule has 2 aromatic rings. The van der Waals surface area contributed by atoms with Gasteiger partial charge in [-0.1, -0.05) is 18.2 Å². The number of unbranched alkanes of at least 4 members (excludes halogenated alkanes) is 1. The minimum Gasteiger partial charge on any atom is -0.481 e. The van der Waals surface area contributed by atoms with Crippen LogP contribution in [0.25, 0.3) is 10.9 Å². The third kappa shape index (κ3) is 9.35. The van der Waals surface area contributed by atoms with Crippen LogP contribution in [0.5, 0.6) is 0 Å². The van der Waals surface area contributed by atoms with Gasteiger partial charge >= 0.3 is 11.9 Å². The van der Waals surface area contributed by atoms with E-state index in [4.69, 9.17) is 11.5 Å². The zero-order valence-corrected chi connectivity index (χ0v) is 21.6. The highest BCUT2D eigenvalue weighted by Gasteiger charge is 2.32. The van der Waals surface area contributed by atoms with Crippen LogP contribution in [0.2, 0.25) is 0 Å². The Kier molecular flexibility index (Phi) is 11.8.